The second-order valence-corrected chi connectivity index (χ2v) is 12.8. The molecular weight excluding hydrogens is 654 g/mol. The Morgan fingerprint density at radius 3 is 2.50 bits per heavy atom. The van der Waals surface area contributed by atoms with Gasteiger partial charge in [0.1, 0.15) is 17.9 Å². The van der Waals surface area contributed by atoms with Crippen LogP contribution in [0.25, 0.3) is 5.57 Å². The number of sulfonamides is 1. The third-order valence-electron chi connectivity index (χ3n) is 7.48. The molecule has 1 aliphatic heterocycles. The summed E-state index contributed by atoms with van der Waals surface area (Å²) in [7, 11) is -2.59. The predicted octanol–water partition coefficient (Wildman–Crippen LogP) is 2.96. The molecule has 1 aromatic heterocycles. The van der Waals surface area contributed by atoms with Crippen molar-refractivity contribution in [3.8, 4) is 5.75 Å². The first-order valence-corrected chi connectivity index (χ1v) is 16.5. The van der Waals surface area contributed by atoms with E-state index in [1.807, 2.05) is 0 Å². The molecule has 0 saturated heterocycles. The van der Waals surface area contributed by atoms with Crippen molar-refractivity contribution < 1.29 is 37.3 Å². The van der Waals surface area contributed by atoms with E-state index in [-0.39, 0.29) is 36.1 Å². The lowest BCUT2D eigenvalue weighted by Crippen LogP contribution is -3.10. The summed E-state index contributed by atoms with van der Waals surface area (Å²) in [5, 5.41) is 13.6. The van der Waals surface area contributed by atoms with Crippen LogP contribution in [0, 0.1) is 5.21 Å². The number of ether oxygens (including phenoxy) is 3. The van der Waals surface area contributed by atoms with Crippen LogP contribution in [-0.4, -0.2) is 51.6 Å². The van der Waals surface area contributed by atoms with Gasteiger partial charge in [-0.2, -0.15) is 0 Å². The average Bonchev–Trinajstić information content (AvgIpc) is 3.27. The van der Waals surface area contributed by atoms with Crippen molar-refractivity contribution in [3.05, 3.63) is 104 Å². The quantitative estimate of drug-likeness (QED) is 0.291. The predicted molar refractivity (Wildman–Crippen MR) is 165 cm³/mol. The van der Waals surface area contributed by atoms with E-state index in [0.29, 0.717) is 43.7 Å². The van der Waals surface area contributed by atoms with Gasteiger partial charge < -0.3 is 24.5 Å². The van der Waals surface area contributed by atoms with Crippen LogP contribution in [0.15, 0.2) is 70.8 Å². The number of fused-ring (bicyclic) bond motifs is 2. The number of quaternary nitrogens is 1. The van der Waals surface area contributed by atoms with Gasteiger partial charge in [-0.15, -0.1) is 0 Å². The van der Waals surface area contributed by atoms with Crippen LogP contribution < -0.4 is 14.5 Å². The molecule has 4 atom stereocenters. The summed E-state index contributed by atoms with van der Waals surface area (Å²) >= 11 is 3.51. The minimum Gasteiger partial charge on any atom is -0.631 e. The number of para-hydroxylation sites is 1. The zero-order valence-corrected chi connectivity index (χ0v) is 26.7. The maximum absolute atomic E-state index is 13.9. The summed E-state index contributed by atoms with van der Waals surface area (Å²) in [5.41, 5.74) is 3.19. The SMILES string of the molecule is CCOC1C(=O)C2=C(c3ncccc31)C(OCC)[NH+]([O-])C2c1ccc(CS(=O)(=O)NC(=O)Cc2ccccc2OC)cc1Br. The number of carbonyl (C=O) groups excluding carboxylic acids is 2. The van der Waals surface area contributed by atoms with E-state index in [2.05, 4.69) is 25.6 Å². The highest BCUT2D eigenvalue weighted by atomic mass is 79.9. The molecule has 0 fully saturated rings. The fourth-order valence-corrected chi connectivity index (χ4v) is 7.52. The number of nitrogens with one attached hydrogen (secondary N) is 2. The highest BCUT2D eigenvalue weighted by Crippen LogP contribution is 2.45. The van der Waals surface area contributed by atoms with Crippen LogP contribution >= 0.6 is 15.9 Å². The molecule has 13 heteroatoms. The summed E-state index contributed by atoms with van der Waals surface area (Å²) in [6, 6.07) is 14.1. The lowest BCUT2D eigenvalue weighted by atomic mass is 9.83. The molecule has 3 aromatic rings. The standard InChI is InChI=1S/C31H32BrN3O8S/c1-4-42-30-21-10-8-14-33-27(21)25-26(29(30)37)28(35(38)31(25)43-5-2)20-13-12-18(15-22(20)32)17-44(39,40)34-24(36)16-19-9-6-7-11-23(19)41-3/h6-15,28,30-31,35H,4-5,16-17H2,1-3H3,(H,34,36). The lowest BCUT2D eigenvalue weighted by Gasteiger charge is -2.32. The topological polar surface area (TPSA) is 148 Å². The number of hydrogen-bond donors (Lipinski definition) is 2. The van der Waals surface area contributed by atoms with E-state index >= 15 is 0 Å². The number of ketones is 1. The highest BCUT2D eigenvalue weighted by molar-refractivity contribution is 9.10. The molecule has 2 aliphatic rings. The Balaban J connectivity index is 1.43. The number of pyridine rings is 1. The van der Waals surface area contributed by atoms with Gasteiger partial charge in [0.2, 0.25) is 22.2 Å². The summed E-state index contributed by atoms with van der Waals surface area (Å²) < 4.78 is 45.3. The monoisotopic (exact) mass is 685 g/mol. The van der Waals surface area contributed by atoms with Gasteiger partial charge in [0.25, 0.3) is 0 Å². The number of rotatable bonds is 11. The lowest BCUT2D eigenvalue weighted by molar-refractivity contribution is -0.909. The Kier molecular flexibility index (Phi) is 9.63. The Morgan fingerprint density at radius 1 is 1.05 bits per heavy atom. The number of aromatic nitrogens is 1. The molecule has 11 nitrogen and oxygen atoms in total. The van der Waals surface area contributed by atoms with Gasteiger partial charge in [0, 0.05) is 34.0 Å². The molecule has 2 N–H and O–H groups in total. The van der Waals surface area contributed by atoms with E-state index in [1.54, 1.807) is 74.6 Å². The minimum atomic E-state index is -4.06. The fraction of sp³-hybridized carbons (Fsp3) is 0.323. The van der Waals surface area contributed by atoms with Crippen molar-refractivity contribution in [2.75, 3.05) is 20.3 Å². The first-order valence-electron chi connectivity index (χ1n) is 14.0. The number of Topliss-reactive ketones (excluding diaryl/α,β-unsaturated/α-hetero) is 1. The molecular formula is C31H32BrN3O8S. The van der Waals surface area contributed by atoms with Gasteiger partial charge in [0.15, 0.2) is 5.78 Å². The smallest absolute Gasteiger partial charge is 0.239 e. The average molecular weight is 687 g/mol. The third-order valence-corrected chi connectivity index (χ3v) is 9.41. The maximum atomic E-state index is 13.9. The van der Waals surface area contributed by atoms with Crippen molar-refractivity contribution in [2.24, 2.45) is 0 Å². The molecule has 44 heavy (non-hydrogen) atoms. The molecule has 0 radical (unpaired) electrons. The van der Waals surface area contributed by atoms with Crippen molar-refractivity contribution in [1.29, 1.82) is 0 Å². The molecule has 4 unspecified atom stereocenters. The number of hydrogen-bond acceptors (Lipinski definition) is 9. The summed E-state index contributed by atoms with van der Waals surface area (Å²) in [5.74, 6) is -1.04. The Hall–Kier alpha value is -3.46. The molecule has 0 bridgehead atoms. The summed E-state index contributed by atoms with van der Waals surface area (Å²) in [6.45, 7) is 4.08. The summed E-state index contributed by atoms with van der Waals surface area (Å²) in [4.78, 5) is 31.0. The zero-order valence-electron chi connectivity index (χ0n) is 24.3. The number of methoxy groups -OCH3 is 1. The van der Waals surface area contributed by atoms with E-state index in [9.17, 15) is 23.2 Å². The van der Waals surface area contributed by atoms with E-state index in [0.717, 1.165) is 0 Å². The minimum absolute atomic E-state index is 0.178. The van der Waals surface area contributed by atoms with Crippen LogP contribution in [0.1, 0.15) is 53.9 Å². The van der Waals surface area contributed by atoms with E-state index in [4.69, 9.17) is 14.2 Å². The van der Waals surface area contributed by atoms with Crippen LogP contribution in [0.2, 0.25) is 0 Å². The van der Waals surface area contributed by atoms with Crippen molar-refractivity contribution in [1.82, 2.24) is 9.71 Å². The van der Waals surface area contributed by atoms with Crippen molar-refractivity contribution >= 4 is 43.2 Å². The number of nitrogens with zero attached hydrogens (tertiary/aromatic N) is 1. The zero-order chi connectivity index (χ0) is 31.6. The Bertz CT molecular complexity index is 1730. The maximum Gasteiger partial charge on any atom is 0.239 e. The van der Waals surface area contributed by atoms with Gasteiger partial charge >= 0.3 is 0 Å². The molecule has 232 valence electrons. The number of halogens is 1. The van der Waals surface area contributed by atoms with E-state index in [1.165, 1.54) is 7.11 Å². The van der Waals surface area contributed by atoms with Gasteiger partial charge in [-0.05, 0) is 37.6 Å². The van der Waals surface area contributed by atoms with Gasteiger partial charge in [-0.3, -0.25) is 19.3 Å². The molecule has 2 heterocycles. The molecule has 0 spiro atoms. The largest absolute Gasteiger partial charge is 0.631 e. The molecule has 5 rings (SSSR count). The first-order chi connectivity index (χ1) is 21.1. The Labute approximate surface area is 264 Å². The molecule has 1 aliphatic carbocycles. The molecule has 2 aromatic carbocycles. The number of amides is 1. The number of carbonyl (C=O) groups is 2. The highest BCUT2D eigenvalue weighted by Gasteiger charge is 2.52. The van der Waals surface area contributed by atoms with Crippen LogP contribution in [0.5, 0.6) is 5.75 Å². The second kappa shape index (κ2) is 13.3. The van der Waals surface area contributed by atoms with Crippen molar-refractivity contribution in [2.45, 2.75) is 44.4 Å². The van der Waals surface area contributed by atoms with Crippen molar-refractivity contribution in [3.63, 3.8) is 0 Å². The van der Waals surface area contributed by atoms with Crippen LogP contribution in [0.3, 0.4) is 0 Å². The van der Waals surface area contributed by atoms with Gasteiger partial charge in [0.05, 0.1) is 42.7 Å². The van der Waals surface area contributed by atoms with Crippen LogP contribution in [-0.2, 0) is 41.3 Å². The normalized spacial score (nSPS) is 21.2. The summed E-state index contributed by atoms with van der Waals surface area (Å²) in [6.07, 6.45) is -0.488. The van der Waals surface area contributed by atoms with Gasteiger partial charge in [-0.1, -0.05) is 52.3 Å². The second-order valence-electron chi connectivity index (χ2n) is 10.3. The van der Waals surface area contributed by atoms with Crippen LogP contribution in [0.4, 0.5) is 0 Å². The molecule has 0 saturated carbocycles. The van der Waals surface area contributed by atoms with E-state index < -0.39 is 40.1 Å². The number of hydroxylamine groups is 2. The third kappa shape index (κ3) is 6.21. The molecule has 1 amide bonds. The fourth-order valence-electron chi connectivity index (χ4n) is 5.75. The first kappa shape index (κ1) is 31.9. The number of benzene rings is 2. The van der Waals surface area contributed by atoms with Gasteiger partial charge in [-0.25, -0.2) is 8.42 Å². The Morgan fingerprint density at radius 2 is 1.80 bits per heavy atom.